The first-order chi connectivity index (χ1) is 23.5. The average molecular weight is 685 g/mol. The van der Waals surface area contributed by atoms with Crippen molar-refractivity contribution in [2.45, 2.75) is 83.2 Å². The number of sulfonamides is 1. The number of ether oxygens (including phenoxy) is 2. The molecular formula is C37H44N6O5S. The van der Waals surface area contributed by atoms with Gasteiger partial charge in [0.05, 0.1) is 40.8 Å². The predicted octanol–water partition coefficient (Wildman–Crippen LogP) is 6.51. The van der Waals surface area contributed by atoms with E-state index in [1.165, 1.54) is 12.1 Å². The Morgan fingerprint density at radius 1 is 0.980 bits per heavy atom. The minimum atomic E-state index is -4.17. The molecule has 1 atom stereocenters. The molecule has 4 bridgehead atoms. The van der Waals surface area contributed by atoms with Crippen molar-refractivity contribution < 1.29 is 22.7 Å². The molecule has 49 heavy (non-hydrogen) atoms. The van der Waals surface area contributed by atoms with Crippen molar-refractivity contribution in [3.63, 3.8) is 0 Å². The van der Waals surface area contributed by atoms with Crippen LogP contribution in [-0.4, -0.2) is 65.0 Å². The van der Waals surface area contributed by atoms with E-state index in [-0.39, 0.29) is 53.2 Å². The molecule has 0 spiro atoms. The molecule has 258 valence electrons. The molecule has 0 radical (unpaired) electrons. The number of hydrogen-bond donors (Lipinski definition) is 1. The van der Waals surface area contributed by atoms with Crippen LogP contribution in [0.3, 0.4) is 0 Å². The fraction of sp³-hybridized carbons (Fsp3) is 0.432. The molecule has 2 aromatic heterocycles. The first kappa shape index (κ1) is 34.4. The van der Waals surface area contributed by atoms with E-state index in [2.05, 4.69) is 48.5 Å². The van der Waals surface area contributed by atoms with E-state index in [1.807, 2.05) is 19.1 Å². The maximum absolute atomic E-state index is 14.4. The molecule has 2 aliphatic rings. The Balaban J connectivity index is 1.43. The second kappa shape index (κ2) is 14.6. The maximum Gasteiger partial charge on any atom is 0.264 e. The number of carbonyl (C=O) groups is 1. The number of amides is 1. The molecule has 1 saturated heterocycles. The van der Waals surface area contributed by atoms with Gasteiger partial charge in [-0.2, -0.15) is 4.98 Å². The van der Waals surface area contributed by atoms with Gasteiger partial charge in [0, 0.05) is 42.5 Å². The number of fused-ring (bicyclic) bond motifs is 4. The van der Waals surface area contributed by atoms with E-state index in [9.17, 15) is 13.2 Å². The Hall–Kier alpha value is -4.42. The van der Waals surface area contributed by atoms with Crippen LogP contribution in [0.4, 0.5) is 5.95 Å². The normalized spacial score (nSPS) is 18.3. The second-order valence-electron chi connectivity index (χ2n) is 13.6. The number of aryl methyl sites for hydroxylation is 1. The third-order valence-electron chi connectivity index (χ3n) is 9.07. The van der Waals surface area contributed by atoms with Crippen molar-refractivity contribution in [3.8, 4) is 17.1 Å². The van der Waals surface area contributed by atoms with Gasteiger partial charge in [-0.15, -0.1) is 0 Å². The molecule has 1 N–H and O–H groups in total. The summed E-state index contributed by atoms with van der Waals surface area (Å²) < 4.78 is 41.9. The summed E-state index contributed by atoms with van der Waals surface area (Å²) in [5.41, 5.74) is 5.28. The van der Waals surface area contributed by atoms with Gasteiger partial charge < -0.3 is 14.4 Å². The first-order valence-corrected chi connectivity index (χ1v) is 18.4. The zero-order chi connectivity index (χ0) is 34.7. The molecule has 4 aromatic rings. The van der Waals surface area contributed by atoms with Gasteiger partial charge in [0.15, 0.2) is 0 Å². The zero-order valence-corrected chi connectivity index (χ0v) is 29.5. The smallest absolute Gasteiger partial charge is 0.264 e. The molecule has 1 fully saturated rings. The molecule has 2 aromatic carbocycles. The van der Waals surface area contributed by atoms with Crippen molar-refractivity contribution in [2.24, 2.45) is 5.92 Å². The Labute approximate surface area is 288 Å². The standard InChI is InChI=1S/C37H44N6O5S/c1-23(2)16-29-22-48-34-18-32(35-25(5)8-6-11-31(35)24(3)4)40-37(41-34)42-49(45,46)30-10-7-9-27(17-30)36(44)43(29)21-28-19-39-33(20-38-28)26-12-14-47-15-13-26/h6-11,17-20,23-24,26,29H,12-16,21-22H2,1-5H3,(H,40,41,42)/t29-/m1/s1. The Morgan fingerprint density at radius 2 is 1.76 bits per heavy atom. The zero-order valence-electron chi connectivity index (χ0n) is 28.7. The quantitative estimate of drug-likeness (QED) is 0.231. The van der Waals surface area contributed by atoms with Crippen LogP contribution in [-0.2, 0) is 21.3 Å². The Kier molecular flexibility index (Phi) is 10.3. The van der Waals surface area contributed by atoms with Crippen LogP contribution in [0.15, 0.2) is 65.8 Å². The van der Waals surface area contributed by atoms with Crippen LogP contribution in [0.2, 0.25) is 0 Å². The minimum Gasteiger partial charge on any atom is -0.475 e. The summed E-state index contributed by atoms with van der Waals surface area (Å²) in [7, 11) is -4.17. The largest absolute Gasteiger partial charge is 0.475 e. The van der Waals surface area contributed by atoms with E-state index in [1.54, 1.807) is 35.5 Å². The highest BCUT2D eigenvalue weighted by atomic mass is 32.2. The summed E-state index contributed by atoms with van der Waals surface area (Å²) in [4.78, 5) is 34.6. The van der Waals surface area contributed by atoms with Gasteiger partial charge in [0.1, 0.15) is 6.61 Å². The van der Waals surface area contributed by atoms with E-state index in [0.29, 0.717) is 36.9 Å². The molecule has 0 aliphatic carbocycles. The fourth-order valence-corrected chi connectivity index (χ4v) is 7.53. The van der Waals surface area contributed by atoms with Crippen molar-refractivity contribution in [1.82, 2.24) is 24.8 Å². The van der Waals surface area contributed by atoms with Gasteiger partial charge in [-0.1, -0.05) is 52.0 Å². The summed E-state index contributed by atoms with van der Waals surface area (Å²) in [6.45, 7) is 12.1. The third-order valence-corrected chi connectivity index (χ3v) is 10.4. The lowest BCUT2D eigenvalue weighted by atomic mass is 9.92. The topological polar surface area (TPSA) is 136 Å². The summed E-state index contributed by atoms with van der Waals surface area (Å²) in [5, 5.41) is 0. The van der Waals surface area contributed by atoms with Gasteiger partial charge in [-0.25, -0.2) is 18.1 Å². The molecule has 0 unspecified atom stereocenters. The Morgan fingerprint density at radius 3 is 2.47 bits per heavy atom. The summed E-state index contributed by atoms with van der Waals surface area (Å²) >= 11 is 0. The van der Waals surface area contributed by atoms with Gasteiger partial charge >= 0.3 is 0 Å². The minimum absolute atomic E-state index is 0.0752. The second-order valence-corrected chi connectivity index (χ2v) is 15.3. The molecule has 2 aliphatic heterocycles. The highest BCUT2D eigenvalue weighted by Gasteiger charge is 2.30. The molecule has 11 nitrogen and oxygen atoms in total. The number of anilines is 1. The number of aromatic nitrogens is 4. The molecule has 12 heteroatoms. The molecule has 1 amide bonds. The Bertz CT molecular complexity index is 1910. The number of nitrogens with zero attached hydrogens (tertiary/aromatic N) is 5. The number of rotatable bonds is 7. The highest BCUT2D eigenvalue weighted by molar-refractivity contribution is 7.92. The van der Waals surface area contributed by atoms with E-state index in [4.69, 9.17) is 19.4 Å². The number of benzene rings is 2. The number of nitrogens with one attached hydrogen (secondary N) is 1. The highest BCUT2D eigenvalue weighted by Crippen LogP contribution is 2.34. The third kappa shape index (κ3) is 7.91. The average Bonchev–Trinajstić information content (AvgIpc) is 3.08. The van der Waals surface area contributed by atoms with Crippen LogP contribution in [0.5, 0.6) is 5.88 Å². The van der Waals surface area contributed by atoms with Gasteiger partial charge in [0.25, 0.3) is 15.9 Å². The van der Waals surface area contributed by atoms with Crippen LogP contribution in [0.25, 0.3) is 11.3 Å². The van der Waals surface area contributed by atoms with Gasteiger partial charge in [0.2, 0.25) is 11.8 Å². The summed E-state index contributed by atoms with van der Waals surface area (Å²) in [6, 6.07) is 13.4. The van der Waals surface area contributed by atoms with Crippen molar-refractivity contribution in [3.05, 3.63) is 89.0 Å². The molecule has 4 heterocycles. The first-order valence-electron chi connectivity index (χ1n) is 16.9. The van der Waals surface area contributed by atoms with Crippen molar-refractivity contribution in [1.29, 1.82) is 0 Å². The molecular weight excluding hydrogens is 641 g/mol. The lowest BCUT2D eigenvalue weighted by molar-refractivity contribution is 0.0549. The summed E-state index contributed by atoms with van der Waals surface area (Å²) in [5.74, 6) is 0.455. The monoisotopic (exact) mass is 684 g/mol. The molecule has 6 rings (SSSR count). The van der Waals surface area contributed by atoms with E-state index < -0.39 is 16.1 Å². The fourth-order valence-electron chi connectivity index (χ4n) is 6.54. The SMILES string of the molecule is Cc1cccc(C(C)C)c1-c1cc2nc(n1)NS(=O)(=O)c1cccc(c1)C(=O)N(Cc1cnc(C3CCOCC3)cn1)[C@H](CC(C)C)CO2. The van der Waals surface area contributed by atoms with Crippen molar-refractivity contribution in [2.75, 3.05) is 24.5 Å². The van der Waals surface area contributed by atoms with Crippen LogP contribution in [0, 0.1) is 12.8 Å². The van der Waals surface area contributed by atoms with E-state index in [0.717, 1.165) is 35.2 Å². The van der Waals surface area contributed by atoms with Crippen LogP contribution in [0.1, 0.15) is 91.7 Å². The van der Waals surface area contributed by atoms with Crippen LogP contribution < -0.4 is 9.46 Å². The number of hydrogen-bond acceptors (Lipinski definition) is 9. The summed E-state index contributed by atoms with van der Waals surface area (Å²) in [6.07, 6.45) is 5.94. The van der Waals surface area contributed by atoms with Gasteiger partial charge in [-0.3, -0.25) is 14.8 Å². The lowest BCUT2D eigenvalue weighted by Gasteiger charge is -2.33. The molecule has 0 saturated carbocycles. The predicted molar refractivity (Wildman–Crippen MR) is 187 cm³/mol. The lowest BCUT2D eigenvalue weighted by Crippen LogP contribution is -2.44. The maximum atomic E-state index is 14.4. The number of carbonyl (C=O) groups excluding carboxylic acids is 1. The van der Waals surface area contributed by atoms with Gasteiger partial charge in [-0.05, 0) is 67.3 Å². The van der Waals surface area contributed by atoms with Crippen molar-refractivity contribution >= 4 is 21.9 Å². The van der Waals surface area contributed by atoms with E-state index >= 15 is 0 Å². The van der Waals surface area contributed by atoms with Crippen LogP contribution >= 0.6 is 0 Å².